The van der Waals surface area contributed by atoms with Gasteiger partial charge in [-0.15, -0.1) is 0 Å². The highest BCUT2D eigenvalue weighted by Gasteiger charge is 2.14. The van der Waals surface area contributed by atoms with Crippen LogP contribution in [0.15, 0.2) is 47.4 Å². The summed E-state index contributed by atoms with van der Waals surface area (Å²) in [6, 6.07) is 10.4. The van der Waals surface area contributed by atoms with Crippen molar-refractivity contribution in [3.05, 3.63) is 63.5 Å². The molecular weight excluding hydrogens is 330 g/mol. The molecule has 24 heavy (non-hydrogen) atoms. The third kappa shape index (κ3) is 3.20. The Balaban J connectivity index is 0.00000208. The van der Waals surface area contributed by atoms with E-state index in [1.807, 2.05) is 0 Å². The van der Waals surface area contributed by atoms with Crippen LogP contribution in [0.1, 0.15) is 13.0 Å². The van der Waals surface area contributed by atoms with Crippen molar-refractivity contribution in [3.63, 3.8) is 0 Å². The second-order valence-electron chi connectivity index (χ2n) is 4.81. The summed E-state index contributed by atoms with van der Waals surface area (Å²) in [6.45, 7) is -0.436. The highest BCUT2D eigenvalue weighted by atomic mass is 35.5. The van der Waals surface area contributed by atoms with Gasteiger partial charge < -0.3 is 15.2 Å². The van der Waals surface area contributed by atoms with Crippen molar-refractivity contribution in [1.29, 1.82) is 0 Å². The molecule has 7 heteroatoms. The van der Waals surface area contributed by atoms with Gasteiger partial charge in [0.1, 0.15) is 5.82 Å². The molecule has 0 aliphatic heterocycles. The SMILES string of the molecule is C.COc1cccn2c(=O)c(CO)c(Nc3cccc(Cl)c3)nc12. The van der Waals surface area contributed by atoms with Crippen molar-refractivity contribution in [2.75, 3.05) is 12.4 Å². The highest BCUT2D eigenvalue weighted by Crippen LogP contribution is 2.23. The predicted octanol–water partition coefficient (Wildman–Crippen LogP) is 3.23. The van der Waals surface area contributed by atoms with E-state index >= 15 is 0 Å². The lowest BCUT2D eigenvalue weighted by Crippen LogP contribution is -2.22. The number of anilines is 2. The molecule has 0 bridgehead atoms. The average Bonchev–Trinajstić information content (AvgIpc) is 2.55. The van der Waals surface area contributed by atoms with E-state index in [1.54, 1.807) is 42.6 Å². The van der Waals surface area contributed by atoms with Gasteiger partial charge in [0.2, 0.25) is 0 Å². The Labute approximate surface area is 144 Å². The van der Waals surface area contributed by atoms with Gasteiger partial charge in [0.05, 0.1) is 19.3 Å². The third-order valence-corrected chi connectivity index (χ3v) is 3.61. The lowest BCUT2D eigenvalue weighted by molar-refractivity contribution is 0.280. The minimum absolute atomic E-state index is 0. The number of hydrogen-bond donors (Lipinski definition) is 2. The molecule has 2 heterocycles. The minimum atomic E-state index is -0.436. The summed E-state index contributed by atoms with van der Waals surface area (Å²) in [5.41, 5.74) is 0.830. The molecule has 0 spiro atoms. The molecule has 1 aromatic carbocycles. The van der Waals surface area contributed by atoms with Crippen LogP contribution in [0.25, 0.3) is 5.65 Å². The molecular formula is C17H18ClN3O3. The van der Waals surface area contributed by atoms with Gasteiger partial charge in [-0.3, -0.25) is 9.20 Å². The van der Waals surface area contributed by atoms with E-state index in [1.165, 1.54) is 11.5 Å². The minimum Gasteiger partial charge on any atom is -0.493 e. The molecule has 0 unspecified atom stereocenters. The van der Waals surface area contributed by atoms with Crippen LogP contribution in [0, 0.1) is 0 Å². The first kappa shape index (κ1) is 17.8. The zero-order valence-electron chi connectivity index (χ0n) is 12.3. The number of nitrogens with zero attached hydrogens (tertiary/aromatic N) is 2. The van der Waals surface area contributed by atoms with Gasteiger partial charge in [-0.05, 0) is 30.3 Å². The monoisotopic (exact) mass is 347 g/mol. The lowest BCUT2D eigenvalue weighted by atomic mass is 10.2. The number of methoxy groups -OCH3 is 1. The van der Waals surface area contributed by atoms with Gasteiger partial charge in [0.15, 0.2) is 11.4 Å². The summed E-state index contributed by atoms with van der Waals surface area (Å²) >= 11 is 5.96. The van der Waals surface area contributed by atoms with Gasteiger partial charge in [0, 0.05) is 16.9 Å². The number of halogens is 1. The maximum Gasteiger partial charge on any atom is 0.265 e. The quantitative estimate of drug-likeness (QED) is 0.757. The number of aromatic nitrogens is 2. The molecule has 2 N–H and O–H groups in total. The highest BCUT2D eigenvalue weighted by molar-refractivity contribution is 6.30. The first-order valence-electron chi connectivity index (χ1n) is 6.85. The fourth-order valence-corrected chi connectivity index (χ4v) is 2.47. The Morgan fingerprint density at radius 3 is 2.79 bits per heavy atom. The van der Waals surface area contributed by atoms with Crippen LogP contribution < -0.4 is 15.6 Å². The van der Waals surface area contributed by atoms with Crippen LogP contribution >= 0.6 is 11.6 Å². The van der Waals surface area contributed by atoms with Gasteiger partial charge in [0.25, 0.3) is 5.56 Å². The van der Waals surface area contributed by atoms with E-state index in [4.69, 9.17) is 16.3 Å². The number of hydrogen-bond acceptors (Lipinski definition) is 5. The average molecular weight is 348 g/mol. The fraction of sp³-hybridized carbons (Fsp3) is 0.176. The van der Waals surface area contributed by atoms with E-state index in [0.717, 1.165) is 0 Å². The van der Waals surface area contributed by atoms with Crippen molar-refractivity contribution in [2.24, 2.45) is 0 Å². The normalized spacial score (nSPS) is 10.3. The molecule has 0 aliphatic carbocycles. The van der Waals surface area contributed by atoms with Crippen LogP contribution in [0.3, 0.4) is 0 Å². The lowest BCUT2D eigenvalue weighted by Gasteiger charge is -2.13. The smallest absolute Gasteiger partial charge is 0.265 e. The molecule has 0 saturated carbocycles. The molecule has 0 atom stereocenters. The second-order valence-corrected chi connectivity index (χ2v) is 5.24. The maximum absolute atomic E-state index is 12.5. The molecule has 0 aliphatic rings. The molecule has 0 fully saturated rings. The molecule has 3 aromatic rings. The van der Waals surface area contributed by atoms with Gasteiger partial charge in [-0.25, -0.2) is 4.98 Å². The third-order valence-electron chi connectivity index (χ3n) is 3.38. The number of pyridine rings is 1. The van der Waals surface area contributed by atoms with Crippen molar-refractivity contribution >= 4 is 28.8 Å². The Kier molecular flexibility index (Phi) is 5.43. The topological polar surface area (TPSA) is 75.9 Å². The number of aliphatic hydroxyl groups excluding tert-OH is 1. The molecule has 126 valence electrons. The second kappa shape index (κ2) is 7.33. The van der Waals surface area contributed by atoms with Crippen molar-refractivity contribution in [1.82, 2.24) is 9.38 Å². The van der Waals surface area contributed by atoms with Gasteiger partial charge in [-0.2, -0.15) is 0 Å². The van der Waals surface area contributed by atoms with E-state index in [0.29, 0.717) is 22.1 Å². The number of fused-ring (bicyclic) bond motifs is 1. The van der Waals surface area contributed by atoms with Crippen LogP contribution in [-0.4, -0.2) is 21.6 Å². The van der Waals surface area contributed by atoms with Crippen molar-refractivity contribution < 1.29 is 9.84 Å². The maximum atomic E-state index is 12.5. The molecule has 6 nitrogen and oxygen atoms in total. The number of aliphatic hydroxyl groups is 1. The Morgan fingerprint density at radius 2 is 2.12 bits per heavy atom. The number of benzene rings is 1. The predicted molar refractivity (Wildman–Crippen MR) is 95.4 cm³/mol. The van der Waals surface area contributed by atoms with Crippen molar-refractivity contribution in [2.45, 2.75) is 14.0 Å². The number of nitrogens with one attached hydrogen (secondary N) is 1. The first-order chi connectivity index (χ1) is 11.1. The van der Waals surface area contributed by atoms with E-state index in [2.05, 4.69) is 10.3 Å². The van der Waals surface area contributed by atoms with Crippen LogP contribution in [0.2, 0.25) is 5.02 Å². The number of rotatable bonds is 4. The molecule has 0 amide bonds. The zero-order chi connectivity index (χ0) is 16.4. The van der Waals surface area contributed by atoms with E-state index < -0.39 is 6.61 Å². The summed E-state index contributed by atoms with van der Waals surface area (Å²) in [7, 11) is 1.51. The standard InChI is InChI=1S/C16H14ClN3O3.CH4/c1-23-13-6-3-7-20-15(13)19-14(12(9-21)16(20)22)18-11-5-2-4-10(17)8-11;/h2-8,18,21H,9H2,1H3;1H4. The molecule has 0 radical (unpaired) electrons. The van der Waals surface area contributed by atoms with Gasteiger partial charge in [-0.1, -0.05) is 25.1 Å². The first-order valence-corrected chi connectivity index (χ1v) is 7.23. The number of ether oxygens (including phenoxy) is 1. The molecule has 2 aromatic heterocycles. The summed E-state index contributed by atoms with van der Waals surface area (Å²) in [6.07, 6.45) is 1.58. The Hall–Kier alpha value is -2.57. The van der Waals surface area contributed by atoms with E-state index in [9.17, 15) is 9.90 Å². The zero-order valence-corrected chi connectivity index (χ0v) is 13.0. The molecule has 3 rings (SSSR count). The van der Waals surface area contributed by atoms with Crippen LogP contribution in [-0.2, 0) is 6.61 Å². The summed E-state index contributed by atoms with van der Waals surface area (Å²) in [5.74, 6) is 0.729. The van der Waals surface area contributed by atoms with Crippen molar-refractivity contribution in [3.8, 4) is 5.75 Å². The van der Waals surface area contributed by atoms with Gasteiger partial charge >= 0.3 is 0 Å². The van der Waals surface area contributed by atoms with E-state index in [-0.39, 0.29) is 24.4 Å². The fourth-order valence-electron chi connectivity index (χ4n) is 2.28. The van der Waals surface area contributed by atoms with Crippen LogP contribution in [0.5, 0.6) is 5.75 Å². The van der Waals surface area contributed by atoms with Crippen LogP contribution in [0.4, 0.5) is 11.5 Å². The summed E-state index contributed by atoms with van der Waals surface area (Å²) < 4.78 is 6.59. The largest absolute Gasteiger partial charge is 0.493 e. The molecule has 0 saturated heterocycles. The summed E-state index contributed by atoms with van der Waals surface area (Å²) in [4.78, 5) is 17.0. The summed E-state index contributed by atoms with van der Waals surface area (Å²) in [5, 5.41) is 13.1. The Morgan fingerprint density at radius 1 is 1.33 bits per heavy atom. The Bertz CT molecular complexity index is 925.